The van der Waals surface area contributed by atoms with Crippen molar-refractivity contribution in [2.24, 2.45) is 5.92 Å². The van der Waals surface area contributed by atoms with Crippen molar-refractivity contribution >= 4 is 11.8 Å². The highest BCUT2D eigenvalue weighted by Gasteiger charge is 2.31. The van der Waals surface area contributed by atoms with E-state index in [0.29, 0.717) is 18.9 Å². The molecule has 0 radical (unpaired) electrons. The predicted molar refractivity (Wildman–Crippen MR) is 89.1 cm³/mol. The number of rotatable bonds is 6. The zero-order valence-electron chi connectivity index (χ0n) is 14.8. The minimum Gasteiger partial charge on any atom is -0.379 e. The van der Waals surface area contributed by atoms with Gasteiger partial charge in [0, 0.05) is 52.6 Å². The fourth-order valence-corrected chi connectivity index (χ4v) is 3.37. The molecule has 1 atom stereocenters. The molecule has 2 saturated heterocycles. The highest BCUT2D eigenvalue weighted by atomic mass is 16.5. The van der Waals surface area contributed by atoms with Crippen molar-refractivity contribution in [1.29, 1.82) is 0 Å². The average Bonchev–Trinajstić information content (AvgIpc) is 2.97. The second-order valence-corrected chi connectivity index (χ2v) is 7.05. The first-order valence-corrected chi connectivity index (χ1v) is 8.82. The lowest BCUT2D eigenvalue weighted by Crippen LogP contribution is -2.47. The second kappa shape index (κ2) is 8.64. The van der Waals surface area contributed by atoms with Gasteiger partial charge in [0.1, 0.15) is 0 Å². The Hall–Kier alpha value is -1.14. The number of hydrogen-bond donors (Lipinski definition) is 0. The number of hydrogen-bond acceptors (Lipinski definition) is 4. The Morgan fingerprint density at radius 2 is 1.91 bits per heavy atom. The molecule has 23 heavy (non-hydrogen) atoms. The molecule has 0 N–H and O–H groups in total. The van der Waals surface area contributed by atoms with Crippen LogP contribution in [0.25, 0.3) is 0 Å². The van der Waals surface area contributed by atoms with Crippen molar-refractivity contribution in [1.82, 2.24) is 14.7 Å². The summed E-state index contributed by atoms with van der Waals surface area (Å²) in [5, 5.41) is 0. The number of ether oxygens (including phenoxy) is 1. The zero-order valence-corrected chi connectivity index (χ0v) is 14.8. The first kappa shape index (κ1) is 18.2. The number of likely N-dealkylation sites (tertiary alicyclic amines) is 1. The number of carbonyl (C=O) groups excluding carboxylic acids is 2. The predicted octanol–water partition coefficient (Wildman–Crippen LogP) is 0.814. The van der Waals surface area contributed by atoms with Crippen LogP contribution in [0.4, 0.5) is 0 Å². The van der Waals surface area contributed by atoms with Gasteiger partial charge < -0.3 is 14.5 Å². The topological polar surface area (TPSA) is 53.1 Å². The molecule has 0 aromatic heterocycles. The van der Waals surface area contributed by atoms with Crippen molar-refractivity contribution in [2.45, 2.75) is 39.7 Å². The molecule has 132 valence electrons. The van der Waals surface area contributed by atoms with E-state index in [1.165, 1.54) is 0 Å². The fourth-order valence-electron chi connectivity index (χ4n) is 3.37. The van der Waals surface area contributed by atoms with E-state index in [9.17, 15) is 9.59 Å². The van der Waals surface area contributed by atoms with Gasteiger partial charge in [-0.15, -0.1) is 0 Å². The van der Waals surface area contributed by atoms with E-state index in [1.54, 1.807) is 6.92 Å². The van der Waals surface area contributed by atoms with Gasteiger partial charge >= 0.3 is 0 Å². The standard InChI is InChI=1S/C17H31N3O3/c1-14(2)12-17(22)19-5-4-16(13-19)20(15(3)21)7-6-18-8-10-23-11-9-18/h14,16H,4-13H2,1-3H3. The molecular formula is C17H31N3O3. The van der Waals surface area contributed by atoms with Crippen LogP contribution in [0.2, 0.25) is 0 Å². The van der Waals surface area contributed by atoms with Gasteiger partial charge in [0.2, 0.25) is 11.8 Å². The maximum absolute atomic E-state index is 12.2. The fraction of sp³-hybridized carbons (Fsp3) is 0.882. The SMILES string of the molecule is CC(=O)N(CCN1CCOCC1)C1CCN(C(=O)CC(C)C)C1. The Morgan fingerprint density at radius 3 is 2.52 bits per heavy atom. The lowest BCUT2D eigenvalue weighted by Gasteiger charge is -2.32. The molecule has 0 aromatic rings. The minimum absolute atomic E-state index is 0.112. The maximum atomic E-state index is 12.2. The molecule has 2 aliphatic rings. The summed E-state index contributed by atoms with van der Waals surface area (Å²) < 4.78 is 5.36. The molecular weight excluding hydrogens is 294 g/mol. The minimum atomic E-state index is 0.112. The lowest BCUT2D eigenvalue weighted by molar-refractivity contribution is -0.134. The molecule has 2 fully saturated rings. The van der Waals surface area contributed by atoms with E-state index in [-0.39, 0.29) is 17.9 Å². The molecule has 2 amide bonds. The number of nitrogens with zero attached hydrogens (tertiary/aromatic N) is 3. The second-order valence-electron chi connectivity index (χ2n) is 7.05. The molecule has 1 unspecified atom stereocenters. The molecule has 2 rings (SSSR count). The van der Waals surface area contributed by atoms with Crippen LogP contribution in [0, 0.1) is 5.92 Å². The Kier molecular flexibility index (Phi) is 6.84. The van der Waals surface area contributed by atoms with Gasteiger partial charge in [-0.05, 0) is 12.3 Å². The maximum Gasteiger partial charge on any atom is 0.222 e. The quantitative estimate of drug-likeness (QED) is 0.725. The van der Waals surface area contributed by atoms with Crippen LogP contribution in [-0.2, 0) is 14.3 Å². The summed E-state index contributed by atoms with van der Waals surface area (Å²) in [5.41, 5.74) is 0. The first-order valence-electron chi connectivity index (χ1n) is 8.82. The summed E-state index contributed by atoms with van der Waals surface area (Å²) in [7, 11) is 0. The third-order valence-corrected chi connectivity index (χ3v) is 4.71. The van der Waals surface area contributed by atoms with Crippen LogP contribution in [0.5, 0.6) is 0 Å². The Bertz CT molecular complexity index is 408. The molecule has 2 aliphatic heterocycles. The van der Waals surface area contributed by atoms with Crippen LogP contribution in [0.15, 0.2) is 0 Å². The van der Waals surface area contributed by atoms with Crippen molar-refractivity contribution < 1.29 is 14.3 Å². The lowest BCUT2D eigenvalue weighted by atomic mass is 10.1. The smallest absolute Gasteiger partial charge is 0.222 e. The van der Waals surface area contributed by atoms with Crippen molar-refractivity contribution in [3.05, 3.63) is 0 Å². The van der Waals surface area contributed by atoms with E-state index >= 15 is 0 Å². The first-order chi connectivity index (χ1) is 11.0. The van der Waals surface area contributed by atoms with Gasteiger partial charge in [-0.2, -0.15) is 0 Å². The molecule has 0 aliphatic carbocycles. The summed E-state index contributed by atoms with van der Waals surface area (Å²) >= 11 is 0. The molecule has 0 bridgehead atoms. The molecule has 2 heterocycles. The van der Waals surface area contributed by atoms with Crippen molar-refractivity contribution in [3.8, 4) is 0 Å². The summed E-state index contributed by atoms with van der Waals surface area (Å²) in [4.78, 5) is 30.5. The van der Waals surface area contributed by atoms with Crippen LogP contribution in [-0.4, -0.2) is 85.0 Å². The van der Waals surface area contributed by atoms with Gasteiger partial charge in [-0.3, -0.25) is 14.5 Å². The van der Waals surface area contributed by atoms with Crippen molar-refractivity contribution in [2.75, 3.05) is 52.5 Å². The highest BCUT2D eigenvalue weighted by molar-refractivity contribution is 5.77. The Balaban J connectivity index is 1.83. The largest absolute Gasteiger partial charge is 0.379 e. The number of amides is 2. The van der Waals surface area contributed by atoms with Gasteiger partial charge in [-0.25, -0.2) is 0 Å². The van der Waals surface area contributed by atoms with E-state index in [4.69, 9.17) is 4.74 Å². The molecule has 0 saturated carbocycles. The van der Waals surface area contributed by atoms with Crippen LogP contribution < -0.4 is 0 Å². The highest BCUT2D eigenvalue weighted by Crippen LogP contribution is 2.18. The molecule has 6 heteroatoms. The number of carbonyl (C=O) groups is 2. The third-order valence-electron chi connectivity index (χ3n) is 4.71. The van der Waals surface area contributed by atoms with Gasteiger partial charge in [0.05, 0.1) is 19.3 Å². The molecule has 6 nitrogen and oxygen atoms in total. The van der Waals surface area contributed by atoms with Gasteiger partial charge in [-0.1, -0.05) is 13.8 Å². The Morgan fingerprint density at radius 1 is 1.22 bits per heavy atom. The summed E-state index contributed by atoms with van der Waals surface area (Å²) in [5.74, 6) is 0.715. The van der Waals surface area contributed by atoms with Crippen LogP contribution in [0.1, 0.15) is 33.6 Å². The van der Waals surface area contributed by atoms with E-state index in [2.05, 4.69) is 18.7 Å². The van der Waals surface area contributed by atoms with Gasteiger partial charge in [0.25, 0.3) is 0 Å². The van der Waals surface area contributed by atoms with Crippen LogP contribution >= 0.6 is 0 Å². The molecule has 0 aromatic carbocycles. The third kappa shape index (κ3) is 5.46. The van der Waals surface area contributed by atoms with Crippen LogP contribution in [0.3, 0.4) is 0 Å². The van der Waals surface area contributed by atoms with Crippen molar-refractivity contribution in [3.63, 3.8) is 0 Å². The van der Waals surface area contributed by atoms with E-state index in [1.807, 2.05) is 9.80 Å². The summed E-state index contributed by atoms with van der Waals surface area (Å²) in [6.07, 6.45) is 1.49. The summed E-state index contributed by atoms with van der Waals surface area (Å²) in [6.45, 7) is 12.3. The monoisotopic (exact) mass is 325 g/mol. The van der Waals surface area contributed by atoms with E-state index in [0.717, 1.165) is 52.4 Å². The number of morpholine rings is 1. The van der Waals surface area contributed by atoms with E-state index < -0.39 is 0 Å². The normalized spacial score (nSPS) is 22.6. The zero-order chi connectivity index (χ0) is 16.8. The van der Waals surface area contributed by atoms with Gasteiger partial charge in [0.15, 0.2) is 0 Å². The molecule has 0 spiro atoms. The summed E-state index contributed by atoms with van der Waals surface area (Å²) in [6, 6.07) is 0.171. The average molecular weight is 325 g/mol. The Labute approximate surface area is 139 Å².